The molecule has 0 bridgehead atoms. The topological polar surface area (TPSA) is 92.8 Å². The highest BCUT2D eigenvalue weighted by molar-refractivity contribution is 9.10. The summed E-state index contributed by atoms with van der Waals surface area (Å²) in [6, 6.07) is 21.2. The Bertz CT molecular complexity index is 1910. The molecule has 0 aliphatic heterocycles. The first-order valence-corrected chi connectivity index (χ1v) is 14.3. The number of amides is 1. The summed E-state index contributed by atoms with van der Waals surface area (Å²) in [4.78, 5) is 29.1. The number of carbonyl (C=O) groups is 2. The summed E-state index contributed by atoms with van der Waals surface area (Å²) >= 11 is 9.96. The second-order valence-electron chi connectivity index (χ2n) is 9.35. The number of hydrazone groups is 1. The lowest BCUT2D eigenvalue weighted by atomic mass is 10.0. The van der Waals surface area contributed by atoms with E-state index in [-0.39, 0.29) is 29.4 Å². The Balaban J connectivity index is 1.36. The molecule has 7 nitrogen and oxygen atoms in total. The molecule has 0 unspecified atom stereocenters. The Morgan fingerprint density at radius 2 is 1.80 bits per heavy atom. The van der Waals surface area contributed by atoms with E-state index in [1.165, 1.54) is 24.4 Å². The highest BCUT2D eigenvalue weighted by Gasteiger charge is 2.31. The van der Waals surface area contributed by atoms with Gasteiger partial charge in [0.15, 0.2) is 11.5 Å². The van der Waals surface area contributed by atoms with E-state index in [0.29, 0.717) is 21.7 Å². The van der Waals surface area contributed by atoms with Crippen LogP contribution in [0.15, 0.2) is 94.5 Å². The molecule has 4 aromatic carbocycles. The number of nitrogens with zero attached hydrogens (tertiary/aromatic N) is 1. The average Bonchev–Trinajstić information content (AvgIpc) is 3.37. The number of halogens is 5. The second-order valence-corrected chi connectivity index (χ2v) is 10.7. The zero-order valence-corrected chi connectivity index (χ0v) is 25.2. The van der Waals surface area contributed by atoms with Crippen LogP contribution >= 0.6 is 27.5 Å². The number of esters is 1. The summed E-state index contributed by atoms with van der Waals surface area (Å²) in [7, 11) is 0. The van der Waals surface area contributed by atoms with E-state index < -0.39 is 23.6 Å². The molecule has 5 rings (SSSR count). The normalized spacial score (nSPS) is 11.6. The Morgan fingerprint density at radius 3 is 2.55 bits per heavy atom. The SMILES string of the molecule is CCOc1cc(C=NNC(=O)c2[nH]c3ccc(Br)cc3c2-c2ccccc2Cl)ccc1OC(=O)c1cccc(C(F)(F)F)c1. The fraction of sp³-hybridized carbons (Fsp3) is 0.0938. The third-order valence-corrected chi connectivity index (χ3v) is 7.23. The van der Waals surface area contributed by atoms with Gasteiger partial charge in [0.05, 0.1) is 23.9 Å². The molecule has 224 valence electrons. The minimum absolute atomic E-state index is 0.00376. The van der Waals surface area contributed by atoms with E-state index in [1.807, 2.05) is 30.3 Å². The van der Waals surface area contributed by atoms with Crippen LogP contribution in [0.5, 0.6) is 11.5 Å². The number of alkyl halides is 3. The summed E-state index contributed by atoms with van der Waals surface area (Å²) < 4.78 is 51.0. The Kier molecular flexibility index (Phi) is 9.07. The van der Waals surface area contributed by atoms with Gasteiger partial charge in [-0.2, -0.15) is 18.3 Å². The smallest absolute Gasteiger partial charge is 0.416 e. The van der Waals surface area contributed by atoms with Crippen LogP contribution in [0.1, 0.15) is 38.9 Å². The number of carbonyl (C=O) groups excluding carboxylic acids is 2. The second kappa shape index (κ2) is 12.9. The molecule has 2 N–H and O–H groups in total. The number of nitrogens with one attached hydrogen (secondary N) is 2. The molecule has 0 saturated carbocycles. The quantitative estimate of drug-likeness (QED) is 0.0741. The molecule has 0 spiro atoms. The molecule has 5 aromatic rings. The van der Waals surface area contributed by atoms with Gasteiger partial charge in [-0.15, -0.1) is 0 Å². The fourth-order valence-corrected chi connectivity index (χ4v) is 5.03. The molecule has 0 radical (unpaired) electrons. The maximum absolute atomic E-state index is 13.3. The molecule has 1 heterocycles. The summed E-state index contributed by atoms with van der Waals surface area (Å²) in [6.07, 6.45) is -3.24. The number of aromatic nitrogens is 1. The van der Waals surface area contributed by atoms with Crippen LogP contribution in [0.2, 0.25) is 5.02 Å². The molecular weight excluding hydrogens is 663 g/mol. The van der Waals surface area contributed by atoms with Crippen molar-refractivity contribution in [3.63, 3.8) is 0 Å². The van der Waals surface area contributed by atoms with Gasteiger partial charge in [-0.1, -0.05) is 51.8 Å². The number of fused-ring (bicyclic) bond motifs is 1. The highest BCUT2D eigenvalue weighted by Crippen LogP contribution is 2.38. The fourth-order valence-electron chi connectivity index (χ4n) is 4.44. The average molecular weight is 685 g/mol. The van der Waals surface area contributed by atoms with E-state index in [4.69, 9.17) is 21.1 Å². The molecule has 0 atom stereocenters. The Morgan fingerprint density at radius 1 is 1.00 bits per heavy atom. The minimum atomic E-state index is -4.61. The summed E-state index contributed by atoms with van der Waals surface area (Å²) in [5.41, 5.74) is 4.04. The van der Waals surface area contributed by atoms with Gasteiger partial charge >= 0.3 is 12.1 Å². The zero-order valence-electron chi connectivity index (χ0n) is 22.8. The van der Waals surface area contributed by atoms with E-state index in [9.17, 15) is 22.8 Å². The molecule has 0 aliphatic rings. The monoisotopic (exact) mass is 683 g/mol. The van der Waals surface area contributed by atoms with Crippen molar-refractivity contribution in [2.45, 2.75) is 13.1 Å². The van der Waals surface area contributed by atoms with E-state index >= 15 is 0 Å². The predicted octanol–water partition coefficient (Wildman–Crippen LogP) is 8.65. The van der Waals surface area contributed by atoms with Crippen molar-refractivity contribution in [3.05, 3.63) is 117 Å². The molecule has 1 amide bonds. The van der Waals surface area contributed by atoms with Gasteiger partial charge in [-0.05, 0) is 73.2 Å². The maximum atomic E-state index is 13.3. The number of ether oxygens (including phenoxy) is 2. The van der Waals surface area contributed by atoms with Crippen LogP contribution in [0, 0.1) is 0 Å². The van der Waals surface area contributed by atoms with E-state index in [0.717, 1.165) is 33.6 Å². The van der Waals surface area contributed by atoms with Crippen molar-refractivity contribution >= 4 is 56.5 Å². The van der Waals surface area contributed by atoms with Gasteiger partial charge < -0.3 is 14.5 Å². The van der Waals surface area contributed by atoms with Crippen LogP contribution in [-0.4, -0.2) is 29.7 Å². The highest BCUT2D eigenvalue weighted by atomic mass is 79.9. The minimum Gasteiger partial charge on any atom is -0.490 e. The van der Waals surface area contributed by atoms with Gasteiger partial charge in [-0.3, -0.25) is 4.79 Å². The number of benzene rings is 4. The largest absolute Gasteiger partial charge is 0.490 e. The first kappa shape index (κ1) is 30.8. The number of aromatic amines is 1. The van der Waals surface area contributed by atoms with Gasteiger partial charge in [0.2, 0.25) is 0 Å². The maximum Gasteiger partial charge on any atom is 0.416 e. The summed E-state index contributed by atoms with van der Waals surface area (Å²) in [6.45, 7) is 1.93. The van der Waals surface area contributed by atoms with Crippen LogP contribution < -0.4 is 14.9 Å². The number of hydrogen-bond donors (Lipinski definition) is 2. The van der Waals surface area contributed by atoms with Gasteiger partial charge in [-0.25, -0.2) is 10.2 Å². The van der Waals surface area contributed by atoms with Crippen LogP contribution in [0.3, 0.4) is 0 Å². The van der Waals surface area contributed by atoms with Crippen molar-refractivity contribution in [3.8, 4) is 22.6 Å². The lowest BCUT2D eigenvalue weighted by Crippen LogP contribution is -2.19. The van der Waals surface area contributed by atoms with Crippen molar-refractivity contribution in [2.75, 3.05) is 6.61 Å². The summed E-state index contributed by atoms with van der Waals surface area (Å²) in [5.74, 6) is -1.33. The molecule has 12 heteroatoms. The van der Waals surface area contributed by atoms with Crippen LogP contribution in [-0.2, 0) is 6.18 Å². The van der Waals surface area contributed by atoms with Crippen molar-refractivity contribution < 1.29 is 32.2 Å². The Hall–Kier alpha value is -4.61. The Labute approximate surface area is 262 Å². The molecule has 0 aliphatic carbocycles. The lowest BCUT2D eigenvalue weighted by molar-refractivity contribution is -0.137. The number of H-pyrrole nitrogens is 1. The third-order valence-electron chi connectivity index (χ3n) is 6.41. The summed E-state index contributed by atoms with van der Waals surface area (Å²) in [5, 5.41) is 5.34. The molecule has 1 aromatic heterocycles. The predicted molar refractivity (Wildman–Crippen MR) is 166 cm³/mol. The van der Waals surface area contributed by atoms with Gasteiger partial charge in [0.1, 0.15) is 5.69 Å². The number of hydrogen-bond acceptors (Lipinski definition) is 5. The van der Waals surface area contributed by atoms with Crippen molar-refractivity contribution in [1.29, 1.82) is 0 Å². The first-order valence-electron chi connectivity index (χ1n) is 13.1. The first-order chi connectivity index (χ1) is 21.0. The zero-order chi connectivity index (χ0) is 31.4. The van der Waals surface area contributed by atoms with Crippen molar-refractivity contribution in [1.82, 2.24) is 10.4 Å². The van der Waals surface area contributed by atoms with Crippen LogP contribution in [0.25, 0.3) is 22.0 Å². The molecule has 0 saturated heterocycles. The molecular formula is C32H22BrClF3N3O4. The van der Waals surface area contributed by atoms with Gasteiger partial charge in [0.25, 0.3) is 5.91 Å². The van der Waals surface area contributed by atoms with Crippen LogP contribution in [0.4, 0.5) is 13.2 Å². The standard InChI is InChI=1S/C32H22BrClF3N3O4/c1-2-43-27-14-18(10-13-26(27)44-31(42)19-6-5-7-20(15-19)32(35,36)37)17-38-40-30(41)29-28(22-8-3-4-9-24(22)34)23-16-21(33)11-12-25(23)39-29/h3-17,39H,2H2,1H3,(H,40,41). The van der Waals surface area contributed by atoms with E-state index in [2.05, 4.69) is 31.4 Å². The molecule has 0 fully saturated rings. The lowest BCUT2D eigenvalue weighted by Gasteiger charge is -2.12. The van der Waals surface area contributed by atoms with Gasteiger partial charge in [0, 0.05) is 31.5 Å². The van der Waals surface area contributed by atoms with Crippen molar-refractivity contribution in [2.24, 2.45) is 5.10 Å². The molecule has 44 heavy (non-hydrogen) atoms. The van der Waals surface area contributed by atoms with E-state index in [1.54, 1.807) is 25.1 Å². The number of rotatable bonds is 8. The third kappa shape index (κ3) is 6.79.